The van der Waals surface area contributed by atoms with Crippen molar-refractivity contribution in [2.45, 2.75) is 0 Å². The molecule has 0 rings (SSSR count). The van der Waals surface area contributed by atoms with Gasteiger partial charge in [-0.25, -0.2) is 0 Å². The summed E-state index contributed by atoms with van der Waals surface area (Å²) in [4.78, 5) is 0. The van der Waals surface area contributed by atoms with Crippen molar-refractivity contribution in [2.24, 2.45) is 0 Å². The molecular weight excluding hydrogens is 182 g/mol. The Balaban J connectivity index is 0. The fourth-order valence-corrected chi connectivity index (χ4v) is 0. The Bertz CT molecular complexity index is 20.0. The Hall–Kier alpha value is 3.39. The number of hydrogen-bond donors (Lipinski definition) is 0. The Labute approximate surface area is 120 Å². The first kappa shape index (κ1) is 57.6. The van der Waals surface area contributed by atoms with Gasteiger partial charge in [-0.1, -0.05) is 0 Å². The third kappa shape index (κ3) is 26.3. The van der Waals surface area contributed by atoms with E-state index in [0.717, 1.165) is 0 Å². The smallest absolute Gasteiger partial charge is 2.00 e. The van der Waals surface area contributed by atoms with Gasteiger partial charge in [-0.3, -0.25) is 0 Å². The van der Waals surface area contributed by atoms with Gasteiger partial charge in [0.15, 0.2) is 0 Å². The van der Waals surface area contributed by atoms with Crippen molar-refractivity contribution in [3.8, 4) is 0 Å². The summed E-state index contributed by atoms with van der Waals surface area (Å²) in [6.45, 7) is 0. The second-order valence-electron chi connectivity index (χ2n) is 0. The zero-order valence-corrected chi connectivity index (χ0v) is 9.46. The molecule has 0 fully saturated rings. The average molecular weight is 184 g/mol. The van der Waals surface area contributed by atoms with Crippen LogP contribution < -0.4 is 70.2 Å². The molecule has 28 valence electrons. The van der Waals surface area contributed by atoms with Crippen LogP contribution in [0.1, 0.15) is 2.85 Å². The van der Waals surface area contributed by atoms with Gasteiger partial charge in [-0.2, -0.15) is 0 Å². The number of hydrogen-bond acceptors (Lipinski definition) is 0. The first-order chi connectivity index (χ1) is 0. The van der Waals surface area contributed by atoms with E-state index in [0.29, 0.717) is 0 Å². The summed E-state index contributed by atoms with van der Waals surface area (Å²) in [5.74, 6) is 0. The fraction of sp³-hybridized carbons (Fsp3) is 0. The molecule has 0 aliphatic carbocycles. The van der Waals surface area contributed by atoms with Gasteiger partial charge in [0.05, 0.1) is 0 Å². The summed E-state index contributed by atoms with van der Waals surface area (Å²) in [6.07, 6.45) is 0. The molecule has 2 nitrogen and oxygen atoms in total. The van der Waals surface area contributed by atoms with Crippen LogP contribution in [0.2, 0.25) is 0 Å². The van der Waals surface area contributed by atoms with Gasteiger partial charge in [0.1, 0.15) is 0 Å². The van der Waals surface area contributed by atoms with Crippen LogP contribution in [0.3, 0.4) is 0 Å². The molecule has 6 heteroatoms. The van der Waals surface area contributed by atoms with Crippen molar-refractivity contribution >= 4 is 0 Å². The van der Waals surface area contributed by atoms with E-state index < -0.39 is 0 Å². The van der Waals surface area contributed by atoms with E-state index in [1.807, 2.05) is 0 Å². The van der Waals surface area contributed by atoms with Gasteiger partial charge in [0.25, 0.3) is 0 Å². The molecule has 0 aliphatic heterocycles. The first-order valence-electron chi connectivity index (χ1n) is 0. The normalized spacial score (nSPS) is 0. The molecule has 0 aromatic carbocycles. The van der Waals surface area contributed by atoms with Gasteiger partial charge < -0.3 is 13.8 Å². The molecular formula is H2FeKLiO2Ti. The van der Waals surface area contributed by atoms with Crippen LogP contribution in [0.5, 0.6) is 0 Å². The minimum absolute atomic E-state index is 0. The van der Waals surface area contributed by atoms with Crippen molar-refractivity contribution < 1.29 is 123 Å². The molecule has 0 bridgehead atoms. The molecule has 0 aromatic rings. The zero-order chi connectivity index (χ0) is 0. The quantitative estimate of drug-likeness (QED) is 0.336. The van der Waals surface area contributed by atoms with Gasteiger partial charge in [-0.15, -0.1) is 0 Å². The van der Waals surface area contributed by atoms with Crippen LogP contribution in [-0.2, 0) is 49.7 Å². The van der Waals surface area contributed by atoms with E-state index in [1.165, 1.54) is 0 Å². The Morgan fingerprint density at radius 1 is 1.00 bits per heavy atom. The molecule has 0 amide bonds. The maximum Gasteiger partial charge on any atom is 4.00 e. The van der Waals surface area contributed by atoms with Crippen LogP contribution in [0.4, 0.5) is 0 Å². The maximum absolute atomic E-state index is 0. The minimum atomic E-state index is 0. The summed E-state index contributed by atoms with van der Waals surface area (Å²) in [5, 5.41) is 0. The van der Waals surface area contributed by atoms with E-state index in [4.69, 9.17) is 0 Å². The van der Waals surface area contributed by atoms with Gasteiger partial charge in [0, 0.05) is 17.1 Å². The molecule has 0 radical (unpaired) electrons. The Morgan fingerprint density at radius 3 is 1.00 bits per heavy atom. The first-order valence-corrected chi connectivity index (χ1v) is 0. The fourth-order valence-electron chi connectivity index (χ4n) is 0. The van der Waals surface area contributed by atoms with Crippen LogP contribution in [0.25, 0.3) is 0 Å². The standard InChI is InChI=1S/Fe.K.Li.2O.Ti.2H/q;2*+1;2*-2;+4;2*-1. The van der Waals surface area contributed by atoms with E-state index in [-0.39, 0.29) is 123 Å². The van der Waals surface area contributed by atoms with E-state index in [9.17, 15) is 0 Å². The van der Waals surface area contributed by atoms with Gasteiger partial charge >= 0.3 is 92.0 Å². The van der Waals surface area contributed by atoms with Gasteiger partial charge in [0.2, 0.25) is 0 Å². The van der Waals surface area contributed by atoms with E-state index in [2.05, 4.69) is 0 Å². The Kier molecular flexibility index (Phi) is 383. The van der Waals surface area contributed by atoms with Crippen molar-refractivity contribution in [1.29, 1.82) is 0 Å². The minimum Gasteiger partial charge on any atom is -2.00 e. The van der Waals surface area contributed by atoms with Crippen molar-refractivity contribution in [2.75, 3.05) is 0 Å². The summed E-state index contributed by atoms with van der Waals surface area (Å²) in [7, 11) is 0. The summed E-state index contributed by atoms with van der Waals surface area (Å²) in [6, 6.07) is 0. The summed E-state index contributed by atoms with van der Waals surface area (Å²) < 4.78 is 0. The number of rotatable bonds is 0. The SMILES string of the molecule is [Fe].[H-].[H-].[K+].[Li+].[O-2].[O-2].[Ti+4]. The largest absolute Gasteiger partial charge is 4.00 e. The van der Waals surface area contributed by atoms with E-state index >= 15 is 0 Å². The molecule has 0 unspecified atom stereocenters. The van der Waals surface area contributed by atoms with Crippen molar-refractivity contribution in [3.63, 3.8) is 0 Å². The van der Waals surface area contributed by atoms with Crippen molar-refractivity contribution in [3.05, 3.63) is 0 Å². The molecule has 6 heavy (non-hydrogen) atoms. The third-order valence-electron chi connectivity index (χ3n) is 0. The van der Waals surface area contributed by atoms with Gasteiger partial charge in [-0.05, 0) is 0 Å². The Morgan fingerprint density at radius 2 is 1.00 bits per heavy atom. The van der Waals surface area contributed by atoms with Crippen LogP contribution in [0, 0.1) is 0 Å². The molecule has 0 atom stereocenters. The third-order valence-corrected chi connectivity index (χ3v) is 0. The average Bonchev–Trinajstić information content (AvgIpc) is 0. The summed E-state index contributed by atoms with van der Waals surface area (Å²) in [5.41, 5.74) is 0. The van der Waals surface area contributed by atoms with E-state index in [1.54, 1.807) is 0 Å². The predicted molar refractivity (Wildman–Crippen MR) is 3.60 cm³/mol. The van der Waals surface area contributed by atoms with Crippen LogP contribution in [-0.4, -0.2) is 0 Å². The zero-order valence-electron chi connectivity index (χ0n) is 5.67. The molecule has 0 spiro atoms. The molecule has 0 aromatic heterocycles. The molecule has 0 heterocycles. The molecule has 0 N–H and O–H groups in total. The molecule has 0 aliphatic rings. The summed E-state index contributed by atoms with van der Waals surface area (Å²) >= 11 is 0. The monoisotopic (exact) mass is 184 g/mol. The second-order valence-corrected chi connectivity index (χ2v) is 0. The van der Waals surface area contributed by atoms with Crippen LogP contribution in [0.15, 0.2) is 0 Å². The topological polar surface area (TPSA) is 57.0 Å². The predicted octanol–water partition coefficient (Wildman–Crippen LogP) is -6.01. The van der Waals surface area contributed by atoms with Crippen LogP contribution >= 0.6 is 0 Å². The van der Waals surface area contributed by atoms with Crippen molar-refractivity contribution in [1.82, 2.24) is 0 Å². The second kappa shape index (κ2) is 39.9. The molecule has 0 saturated heterocycles. The molecule has 0 saturated carbocycles. The maximum atomic E-state index is 0.